The van der Waals surface area contributed by atoms with Crippen LogP contribution in [0, 0.1) is 0 Å². The minimum Gasteiger partial charge on any atom is -0.338 e. The van der Waals surface area contributed by atoms with Crippen LogP contribution in [0.25, 0.3) is 0 Å². The number of nitrogens with zero attached hydrogens (tertiary/aromatic N) is 4. The molecule has 100 valence electrons. The van der Waals surface area contributed by atoms with E-state index < -0.39 is 0 Å². The molecule has 0 bridgehead atoms. The monoisotopic (exact) mass is 251 g/mol. The quantitative estimate of drug-likeness (QED) is 0.776. The smallest absolute Gasteiger partial charge is 0.289 e. The van der Waals surface area contributed by atoms with Crippen molar-refractivity contribution in [1.82, 2.24) is 24.7 Å². The van der Waals surface area contributed by atoms with E-state index in [1.807, 2.05) is 14.1 Å². The largest absolute Gasteiger partial charge is 0.338 e. The van der Waals surface area contributed by atoms with Crippen LogP contribution in [0.2, 0.25) is 0 Å². The van der Waals surface area contributed by atoms with Crippen molar-refractivity contribution >= 4 is 5.91 Å². The maximum absolute atomic E-state index is 12.1. The fourth-order valence-electron chi connectivity index (χ4n) is 2.07. The van der Waals surface area contributed by atoms with Gasteiger partial charge in [0.05, 0.1) is 0 Å². The Morgan fingerprint density at radius 1 is 1.50 bits per heavy atom. The number of piperazine rings is 1. The number of nitrogens with one attached hydrogen (secondary N) is 1. The van der Waals surface area contributed by atoms with Crippen molar-refractivity contribution in [3.63, 3.8) is 0 Å². The fourth-order valence-corrected chi connectivity index (χ4v) is 2.07. The zero-order valence-corrected chi connectivity index (χ0v) is 11.1. The molecule has 0 aliphatic carbocycles. The number of carbonyl (C=O) groups excluding carboxylic acids is 1. The second-order valence-corrected chi connectivity index (χ2v) is 4.68. The van der Waals surface area contributed by atoms with Gasteiger partial charge in [-0.1, -0.05) is 0 Å². The lowest BCUT2D eigenvalue weighted by molar-refractivity contribution is 0.0759. The molecule has 2 heterocycles. The summed E-state index contributed by atoms with van der Waals surface area (Å²) in [6, 6.07) is 0. The van der Waals surface area contributed by atoms with E-state index >= 15 is 0 Å². The van der Waals surface area contributed by atoms with Gasteiger partial charge in [0.15, 0.2) is 5.82 Å². The molecule has 0 unspecified atom stereocenters. The fraction of sp³-hybridized carbons (Fsp3) is 0.667. The van der Waals surface area contributed by atoms with Crippen LogP contribution in [-0.4, -0.2) is 71.6 Å². The molecule has 6 heteroatoms. The van der Waals surface area contributed by atoms with E-state index in [1.54, 1.807) is 21.9 Å². The van der Waals surface area contributed by atoms with Crippen LogP contribution in [0.15, 0.2) is 12.4 Å². The first kappa shape index (κ1) is 13.0. The molecular weight excluding hydrogens is 230 g/mol. The maximum Gasteiger partial charge on any atom is 0.289 e. The zero-order chi connectivity index (χ0) is 13.0. The van der Waals surface area contributed by atoms with Gasteiger partial charge in [0, 0.05) is 65.8 Å². The highest BCUT2D eigenvalue weighted by Crippen LogP contribution is 2.00. The van der Waals surface area contributed by atoms with E-state index in [2.05, 4.69) is 15.2 Å². The Bertz CT molecular complexity index is 397. The SMILES string of the molecule is CN(CCN1CCNCC1)C(=O)c1nccn1C. The molecule has 0 saturated carbocycles. The van der Waals surface area contributed by atoms with Crippen LogP contribution in [0.3, 0.4) is 0 Å². The molecule has 18 heavy (non-hydrogen) atoms. The number of rotatable bonds is 4. The summed E-state index contributed by atoms with van der Waals surface area (Å²) < 4.78 is 1.75. The summed E-state index contributed by atoms with van der Waals surface area (Å²) in [5, 5.41) is 3.32. The number of hydrogen-bond acceptors (Lipinski definition) is 4. The van der Waals surface area contributed by atoms with E-state index in [4.69, 9.17) is 0 Å². The summed E-state index contributed by atoms with van der Waals surface area (Å²) in [6.07, 6.45) is 3.44. The number of aromatic nitrogens is 2. The van der Waals surface area contributed by atoms with Crippen LogP contribution in [0.1, 0.15) is 10.6 Å². The third kappa shape index (κ3) is 3.08. The number of hydrogen-bond donors (Lipinski definition) is 1. The average molecular weight is 251 g/mol. The predicted octanol–water partition coefficient (Wildman–Crippen LogP) is -0.603. The van der Waals surface area contributed by atoms with Crippen molar-refractivity contribution in [2.45, 2.75) is 0 Å². The van der Waals surface area contributed by atoms with Gasteiger partial charge in [0.2, 0.25) is 0 Å². The molecule has 0 atom stereocenters. The van der Waals surface area contributed by atoms with Crippen molar-refractivity contribution in [3.8, 4) is 0 Å². The highest BCUT2D eigenvalue weighted by molar-refractivity contribution is 5.90. The Labute approximate surface area is 108 Å². The summed E-state index contributed by atoms with van der Waals surface area (Å²) in [4.78, 5) is 20.3. The van der Waals surface area contributed by atoms with Crippen LogP contribution < -0.4 is 5.32 Å². The number of aryl methyl sites for hydroxylation is 1. The van der Waals surface area contributed by atoms with Gasteiger partial charge in [0.1, 0.15) is 0 Å². The van der Waals surface area contributed by atoms with E-state index in [-0.39, 0.29) is 5.91 Å². The van der Waals surface area contributed by atoms with Crippen LogP contribution in [0.5, 0.6) is 0 Å². The molecule has 1 amide bonds. The summed E-state index contributed by atoms with van der Waals surface area (Å²) in [5.74, 6) is 0.482. The normalized spacial score (nSPS) is 16.8. The molecule has 1 fully saturated rings. The van der Waals surface area contributed by atoms with Gasteiger partial charge in [-0.3, -0.25) is 9.69 Å². The van der Waals surface area contributed by atoms with Gasteiger partial charge in [0.25, 0.3) is 5.91 Å². The summed E-state index contributed by atoms with van der Waals surface area (Å²) >= 11 is 0. The van der Waals surface area contributed by atoms with Crippen LogP contribution in [0.4, 0.5) is 0 Å². The molecule has 1 N–H and O–H groups in total. The number of imidazole rings is 1. The van der Waals surface area contributed by atoms with Gasteiger partial charge in [-0.25, -0.2) is 4.98 Å². The minimum absolute atomic E-state index is 0.0161. The molecule has 1 aromatic rings. The number of carbonyl (C=O) groups is 1. The lowest BCUT2D eigenvalue weighted by Gasteiger charge is -2.29. The van der Waals surface area contributed by atoms with E-state index in [9.17, 15) is 4.79 Å². The molecule has 1 aromatic heterocycles. The third-order valence-corrected chi connectivity index (χ3v) is 3.32. The van der Waals surface area contributed by atoms with Crippen LogP contribution >= 0.6 is 0 Å². The van der Waals surface area contributed by atoms with Gasteiger partial charge >= 0.3 is 0 Å². The maximum atomic E-state index is 12.1. The summed E-state index contributed by atoms with van der Waals surface area (Å²) in [6.45, 7) is 5.86. The molecule has 0 spiro atoms. The minimum atomic E-state index is -0.0161. The molecule has 1 aliphatic rings. The van der Waals surface area contributed by atoms with Gasteiger partial charge < -0.3 is 14.8 Å². The van der Waals surface area contributed by atoms with Crippen molar-refractivity contribution in [3.05, 3.63) is 18.2 Å². The molecule has 0 radical (unpaired) electrons. The molecule has 2 rings (SSSR count). The van der Waals surface area contributed by atoms with E-state index in [0.717, 1.165) is 39.3 Å². The summed E-state index contributed by atoms with van der Waals surface area (Å²) in [5.41, 5.74) is 0. The Hall–Kier alpha value is -1.40. The van der Waals surface area contributed by atoms with Crippen molar-refractivity contribution in [2.75, 3.05) is 46.3 Å². The number of likely N-dealkylation sites (N-methyl/N-ethyl adjacent to an activating group) is 1. The van der Waals surface area contributed by atoms with E-state index in [0.29, 0.717) is 5.82 Å². The first-order valence-corrected chi connectivity index (χ1v) is 6.34. The van der Waals surface area contributed by atoms with Crippen molar-refractivity contribution in [2.24, 2.45) is 7.05 Å². The third-order valence-electron chi connectivity index (χ3n) is 3.32. The Morgan fingerprint density at radius 2 is 2.22 bits per heavy atom. The molecule has 1 saturated heterocycles. The number of amides is 1. The lowest BCUT2D eigenvalue weighted by atomic mass is 10.3. The first-order chi connectivity index (χ1) is 8.68. The topological polar surface area (TPSA) is 53.4 Å². The summed E-state index contributed by atoms with van der Waals surface area (Å²) in [7, 11) is 3.67. The highest BCUT2D eigenvalue weighted by atomic mass is 16.2. The molecular formula is C12H21N5O. The Morgan fingerprint density at radius 3 is 2.83 bits per heavy atom. The Balaban J connectivity index is 1.82. The van der Waals surface area contributed by atoms with Crippen LogP contribution in [-0.2, 0) is 7.05 Å². The standard InChI is InChI=1S/C12H21N5O/c1-15-6-5-14-11(15)12(18)16(2)9-10-17-7-3-13-4-8-17/h5-6,13H,3-4,7-10H2,1-2H3. The predicted molar refractivity (Wildman–Crippen MR) is 69.5 cm³/mol. The molecule has 1 aliphatic heterocycles. The second-order valence-electron chi connectivity index (χ2n) is 4.68. The zero-order valence-electron chi connectivity index (χ0n) is 11.1. The molecule has 0 aromatic carbocycles. The van der Waals surface area contributed by atoms with Gasteiger partial charge in [-0.15, -0.1) is 0 Å². The second kappa shape index (κ2) is 5.97. The molecule has 6 nitrogen and oxygen atoms in total. The van der Waals surface area contributed by atoms with Crippen molar-refractivity contribution < 1.29 is 4.79 Å². The van der Waals surface area contributed by atoms with E-state index in [1.165, 1.54) is 0 Å². The van der Waals surface area contributed by atoms with Crippen molar-refractivity contribution in [1.29, 1.82) is 0 Å². The average Bonchev–Trinajstić information content (AvgIpc) is 2.82. The lowest BCUT2D eigenvalue weighted by Crippen LogP contribution is -2.46. The highest BCUT2D eigenvalue weighted by Gasteiger charge is 2.17. The first-order valence-electron chi connectivity index (χ1n) is 6.34. The Kier molecular flexibility index (Phi) is 4.33. The van der Waals surface area contributed by atoms with Gasteiger partial charge in [-0.2, -0.15) is 0 Å². The van der Waals surface area contributed by atoms with Gasteiger partial charge in [-0.05, 0) is 0 Å².